The quantitative estimate of drug-likeness (QED) is 0.150. The SMILES string of the molecule is [SH-].c1cc[c]([Ge]([c]2ccccc2)[c]2ccccc2)cc1.c1cc[c]([Ge]([c]2ccccc2)[c]2ccccc2)cc1. The van der Waals surface area contributed by atoms with Gasteiger partial charge < -0.3 is 13.5 Å². The van der Waals surface area contributed by atoms with E-state index < -0.39 is 28.7 Å². The Labute approximate surface area is 249 Å². The van der Waals surface area contributed by atoms with E-state index in [2.05, 4.69) is 182 Å². The summed E-state index contributed by atoms with van der Waals surface area (Å²) in [5.41, 5.74) is 0. The van der Waals surface area contributed by atoms with E-state index in [1.165, 1.54) is 26.4 Å². The molecule has 6 aromatic rings. The maximum atomic E-state index is 2.27. The van der Waals surface area contributed by atoms with Crippen molar-refractivity contribution in [1.29, 1.82) is 0 Å². The van der Waals surface area contributed by atoms with Gasteiger partial charge in [-0.15, -0.1) is 0 Å². The van der Waals surface area contributed by atoms with E-state index in [9.17, 15) is 0 Å². The van der Waals surface area contributed by atoms with Gasteiger partial charge in [-0.1, -0.05) is 0 Å². The van der Waals surface area contributed by atoms with Crippen molar-refractivity contribution in [2.75, 3.05) is 0 Å². The zero-order valence-electron chi connectivity index (χ0n) is 21.8. The molecule has 0 aliphatic rings. The topological polar surface area (TPSA) is 0 Å². The average Bonchev–Trinajstić information content (AvgIpc) is 3.01. The fourth-order valence-corrected chi connectivity index (χ4v) is 15.4. The van der Waals surface area contributed by atoms with Crippen molar-refractivity contribution in [3.63, 3.8) is 0 Å². The molecule has 6 aromatic carbocycles. The van der Waals surface area contributed by atoms with Crippen LogP contribution in [0.4, 0.5) is 0 Å². The molecule has 0 bridgehead atoms. The molecule has 0 N–H and O–H groups in total. The van der Waals surface area contributed by atoms with Crippen LogP contribution in [-0.4, -0.2) is 28.7 Å². The molecule has 0 heterocycles. The van der Waals surface area contributed by atoms with Crippen LogP contribution in [0, 0.1) is 0 Å². The molecule has 2 radical (unpaired) electrons. The van der Waals surface area contributed by atoms with Gasteiger partial charge in [0, 0.05) is 0 Å². The molecule has 0 saturated carbocycles. The van der Waals surface area contributed by atoms with Crippen molar-refractivity contribution in [3.8, 4) is 0 Å². The number of rotatable bonds is 6. The Hall–Kier alpha value is -3.24. The van der Waals surface area contributed by atoms with Crippen molar-refractivity contribution in [2.24, 2.45) is 0 Å². The molecule has 3 heteroatoms. The van der Waals surface area contributed by atoms with Gasteiger partial charge >= 0.3 is 237 Å². The standard InChI is InChI=1S/2C18H15Ge.H2S/c2*1-4-10-16(11-5-1)19(17-12-6-2-7-13-17)18-14-8-3-9-15-18;/h2*1-15H;1H2/p-1. The van der Waals surface area contributed by atoms with Gasteiger partial charge in [0.25, 0.3) is 0 Å². The van der Waals surface area contributed by atoms with Gasteiger partial charge in [0.1, 0.15) is 0 Å². The number of benzene rings is 6. The fourth-order valence-electron chi connectivity index (χ4n) is 4.63. The predicted octanol–water partition coefficient (Wildman–Crippen LogP) is 4.14. The summed E-state index contributed by atoms with van der Waals surface area (Å²) in [5, 5.41) is 0. The summed E-state index contributed by atoms with van der Waals surface area (Å²) < 4.78 is 9.00. The Bertz CT molecular complexity index is 1170. The van der Waals surface area contributed by atoms with Crippen molar-refractivity contribution >= 4 is 68.6 Å². The van der Waals surface area contributed by atoms with Crippen LogP contribution in [-0.2, 0) is 13.5 Å². The van der Waals surface area contributed by atoms with Gasteiger partial charge in [0.2, 0.25) is 0 Å². The third kappa shape index (κ3) is 7.89. The van der Waals surface area contributed by atoms with Gasteiger partial charge in [-0.3, -0.25) is 0 Å². The molecule has 0 fully saturated rings. The van der Waals surface area contributed by atoms with Gasteiger partial charge in [0.05, 0.1) is 0 Å². The average molecular weight is 641 g/mol. The summed E-state index contributed by atoms with van der Waals surface area (Å²) in [6, 6.07) is 65.6. The zero-order chi connectivity index (χ0) is 25.8. The normalized spacial score (nSPS) is 10.3. The summed E-state index contributed by atoms with van der Waals surface area (Å²) in [5.74, 6) is 0. The molecule has 0 spiro atoms. The Morgan fingerprint density at radius 3 is 0.462 bits per heavy atom. The molecule has 190 valence electrons. The van der Waals surface area contributed by atoms with Crippen LogP contribution in [0.3, 0.4) is 0 Å². The second kappa shape index (κ2) is 15.4. The molecule has 0 aromatic heterocycles. The molecule has 0 atom stereocenters. The van der Waals surface area contributed by atoms with Crippen LogP contribution in [0.25, 0.3) is 0 Å². The first-order valence-electron chi connectivity index (χ1n) is 13.0. The zero-order valence-corrected chi connectivity index (χ0v) is 26.9. The molecular weight excluding hydrogens is 610 g/mol. The van der Waals surface area contributed by atoms with Gasteiger partial charge in [-0.25, -0.2) is 0 Å². The first-order chi connectivity index (χ1) is 18.9. The third-order valence-corrected chi connectivity index (χ3v) is 17.8. The van der Waals surface area contributed by atoms with Crippen LogP contribution in [0.1, 0.15) is 0 Å². The molecule has 0 aliphatic carbocycles. The van der Waals surface area contributed by atoms with E-state index in [1.807, 2.05) is 0 Å². The minimum atomic E-state index is -1.63. The van der Waals surface area contributed by atoms with Gasteiger partial charge in [-0.05, 0) is 0 Å². The van der Waals surface area contributed by atoms with Crippen LogP contribution in [0.2, 0.25) is 0 Å². The molecule has 0 saturated heterocycles. The van der Waals surface area contributed by atoms with Crippen LogP contribution >= 0.6 is 0 Å². The van der Waals surface area contributed by atoms with E-state index >= 15 is 0 Å². The Morgan fingerprint density at radius 2 is 0.333 bits per heavy atom. The molecular formula is C36H31Ge2S-. The van der Waals surface area contributed by atoms with Crippen LogP contribution < -0.4 is 26.4 Å². The molecule has 0 aliphatic heterocycles. The van der Waals surface area contributed by atoms with Crippen molar-refractivity contribution < 1.29 is 0 Å². The predicted molar refractivity (Wildman–Crippen MR) is 177 cm³/mol. The van der Waals surface area contributed by atoms with Crippen LogP contribution in [0.15, 0.2) is 182 Å². The van der Waals surface area contributed by atoms with E-state index in [1.54, 1.807) is 0 Å². The van der Waals surface area contributed by atoms with Crippen molar-refractivity contribution in [3.05, 3.63) is 182 Å². The first kappa shape index (κ1) is 28.8. The third-order valence-electron chi connectivity index (χ3n) is 6.37. The second-order valence-electron chi connectivity index (χ2n) is 8.95. The van der Waals surface area contributed by atoms with E-state index in [0.717, 1.165) is 0 Å². The number of thiol groups is 1. The minimum absolute atomic E-state index is 0. The summed E-state index contributed by atoms with van der Waals surface area (Å²) >= 11 is -3.26. The molecule has 0 amide bonds. The van der Waals surface area contributed by atoms with E-state index in [4.69, 9.17) is 0 Å². The van der Waals surface area contributed by atoms with Crippen molar-refractivity contribution in [2.45, 2.75) is 0 Å². The molecule has 0 nitrogen and oxygen atoms in total. The molecule has 0 unspecified atom stereocenters. The molecule has 6 rings (SSSR count). The van der Waals surface area contributed by atoms with Gasteiger partial charge in [0.15, 0.2) is 0 Å². The number of hydrogen-bond donors (Lipinski definition) is 0. The summed E-state index contributed by atoms with van der Waals surface area (Å²) in [6.45, 7) is 0. The number of hydrogen-bond acceptors (Lipinski definition) is 1. The summed E-state index contributed by atoms with van der Waals surface area (Å²) in [6.07, 6.45) is 0. The van der Waals surface area contributed by atoms with Crippen molar-refractivity contribution in [1.82, 2.24) is 0 Å². The maximum absolute atomic E-state index is 2.27. The summed E-state index contributed by atoms with van der Waals surface area (Å²) in [4.78, 5) is 0. The van der Waals surface area contributed by atoms with E-state index in [-0.39, 0.29) is 13.5 Å². The summed E-state index contributed by atoms with van der Waals surface area (Å²) in [7, 11) is 0. The second-order valence-corrected chi connectivity index (χ2v) is 19.4. The van der Waals surface area contributed by atoms with Gasteiger partial charge in [-0.2, -0.15) is 0 Å². The Kier molecular flexibility index (Phi) is 11.3. The monoisotopic (exact) mass is 643 g/mol. The Balaban J connectivity index is 0.000000176. The van der Waals surface area contributed by atoms with Crippen LogP contribution in [0.5, 0.6) is 0 Å². The fraction of sp³-hybridized carbons (Fsp3) is 0. The first-order valence-corrected chi connectivity index (χ1v) is 19.3. The Morgan fingerprint density at radius 1 is 0.205 bits per heavy atom. The molecule has 39 heavy (non-hydrogen) atoms. The van der Waals surface area contributed by atoms with E-state index in [0.29, 0.717) is 0 Å².